The van der Waals surface area contributed by atoms with Gasteiger partial charge in [0.25, 0.3) is 0 Å². The summed E-state index contributed by atoms with van der Waals surface area (Å²) in [5, 5.41) is 10.5. The predicted octanol–water partition coefficient (Wildman–Crippen LogP) is 2.55. The molecule has 3 aromatic rings. The van der Waals surface area contributed by atoms with Gasteiger partial charge in [-0.05, 0) is 19.1 Å². The third kappa shape index (κ3) is 3.40. The number of ether oxygens (including phenoxy) is 1. The minimum atomic E-state index is -0.358. The van der Waals surface area contributed by atoms with Gasteiger partial charge in [0.05, 0.1) is 25.3 Å². The lowest BCUT2D eigenvalue weighted by Crippen LogP contribution is -2.44. The summed E-state index contributed by atoms with van der Waals surface area (Å²) in [5.41, 5.74) is 0.719. The summed E-state index contributed by atoms with van der Waals surface area (Å²) in [6, 6.07) is 3.42. The minimum absolute atomic E-state index is 0.0402. The number of carbonyl (C=O) groups is 1. The van der Waals surface area contributed by atoms with Crippen molar-refractivity contribution in [1.29, 1.82) is 0 Å². The van der Waals surface area contributed by atoms with Crippen LogP contribution >= 0.6 is 11.3 Å². The molecule has 0 saturated carbocycles. The Morgan fingerprint density at radius 2 is 2.19 bits per heavy atom. The van der Waals surface area contributed by atoms with Crippen LogP contribution in [0.1, 0.15) is 29.3 Å². The summed E-state index contributed by atoms with van der Waals surface area (Å²) in [4.78, 5) is 19.1. The monoisotopic (exact) mass is 374 g/mol. The number of nitrogens with zero attached hydrogens (tertiary/aromatic N) is 4. The van der Waals surface area contributed by atoms with E-state index >= 15 is 0 Å². The lowest BCUT2D eigenvalue weighted by molar-refractivity contribution is -0.140. The van der Waals surface area contributed by atoms with Crippen molar-refractivity contribution in [3.05, 3.63) is 40.7 Å². The molecule has 4 rings (SSSR count). The van der Waals surface area contributed by atoms with Crippen molar-refractivity contribution in [3.8, 4) is 10.8 Å². The molecule has 1 aliphatic heterocycles. The Morgan fingerprint density at radius 3 is 2.92 bits per heavy atom. The molecule has 1 aliphatic rings. The van der Waals surface area contributed by atoms with Gasteiger partial charge in [0.1, 0.15) is 11.8 Å². The van der Waals surface area contributed by atoms with Crippen molar-refractivity contribution in [2.24, 2.45) is 0 Å². The summed E-state index contributed by atoms with van der Waals surface area (Å²) in [7, 11) is 0. The molecule has 26 heavy (non-hydrogen) atoms. The minimum Gasteiger partial charge on any atom is -0.459 e. The van der Waals surface area contributed by atoms with Crippen LogP contribution in [-0.2, 0) is 16.0 Å². The maximum absolute atomic E-state index is 12.8. The maximum Gasteiger partial charge on any atom is 0.241 e. The van der Waals surface area contributed by atoms with Crippen molar-refractivity contribution in [2.75, 3.05) is 19.8 Å². The number of amides is 1. The largest absolute Gasteiger partial charge is 0.459 e. The number of thiazole rings is 1. The van der Waals surface area contributed by atoms with Crippen LogP contribution in [0.4, 0.5) is 0 Å². The smallest absolute Gasteiger partial charge is 0.241 e. The van der Waals surface area contributed by atoms with Crippen LogP contribution in [0.3, 0.4) is 0 Å². The topological polar surface area (TPSA) is 94.5 Å². The summed E-state index contributed by atoms with van der Waals surface area (Å²) in [6.07, 6.45) is 0.208. The van der Waals surface area contributed by atoms with Gasteiger partial charge in [-0.3, -0.25) is 4.79 Å². The van der Waals surface area contributed by atoms with Gasteiger partial charge in [-0.15, -0.1) is 21.5 Å². The maximum atomic E-state index is 12.8. The van der Waals surface area contributed by atoms with E-state index in [2.05, 4.69) is 15.2 Å². The first-order valence-electron chi connectivity index (χ1n) is 8.28. The zero-order valence-corrected chi connectivity index (χ0v) is 15.3. The molecule has 0 radical (unpaired) electrons. The van der Waals surface area contributed by atoms with Crippen molar-refractivity contribution in [2.45, 2.75) is 26.3 Å². The van der Waals surface area contributed by atoms with Gasteiger partial charge in [0, 0.05) is 18.8 Å². The quantitative estimate of drug-likeness (QED) is 0.692. The van der Waals surface area contributed by atoms with Gasteiger partial charge < -0.3 is 18.5 Å². The molecule has 1 fully saturated rings. The molecular formula is C17H18N4O4S. The van der Waals surface area contributed by atoms with Crippen LogP contribution in [0, 0.1) is 13.8 Å². The molecule has 0 aromatic carbocycles. The summed E-state index contributed by atoms with van der Waals surface area (Å²) in [5.74, 6) is 2.38. The lowest BCUT2D eigenvalue weighted by Gasteiger charge is -2.33. The molecule has 1 amide bonds. The zero-order chi connectivity index (χ0) is 18.1. The molecule has 0 aliphatic carbocycles. The summed E-state index contributed by atoms with van der Waals surface area (Å²) < 4.78 is 16.6. The molecule has 0 spiro atoms. The highest BCUT2D eigenvalue weighted by molar-refractivity contribution is 7.13. The number of morpholine rings is 1. The molecule has 0 N–H and O–H groups in total. The predicted molar refractivity (Wildman–Crippen MR) is 92.6 cm³/mol. The SMILES string of the molecule is Cc1ccc(-c2nc(CC(=O)N3CCOCC3c3nnc(C)o3)cs2)o1. The summed E-state index contributed by atoms with van der Waals surface area (Å²) >= 11 is 1.46. The molecule has 4 heterocycles. The molecule has 8 nitrogen and oxygen atoms in total. The first kappa shape index (κ1) is 16.9. The molecule has 1 saturated heterocycles. The van der Waals surface area contributed by atoms with E-state index in [1.807, 2.05) is 24.4 Å². The van der Waals surface area contributed by atoms with Crippen LogP contribution < -0.4 is 0 Å². The number of furan rings is 1. The highest BCUT2D eigenvalue weighted by atomic mass is 32.1. The van der Waals surface area contributed by atoms with Gasteiger partial charge in [-0.2, -0.15) is 0 Å². The highest BCUT2D eigenvalue weighted by Crippen LogP contribution is 2.27. The van der Waals surface area contributed by atoms with E-state index in [9.17, 15) is 4.79 Å². The Labute approximate surface area is 153 Å². The first-order chi connectivity index (χ1) is 12.6. The summed E-state index contributed by atoms with van der Waals surface area (Å²) in [6.45, 7) is 4.93. The molecular weight excluding hydrogens is 356 g/mol. The third-order valence-electron chi connectivity index (χ3n) is 4.11. The van der Waals surface area contributed by atoms with Crippen LogP contribution in [0.25, 0.3) is 10.8 Å². The Morgan fingerprint density at radius 1 is 1.31 bits per heavy atom. The van der Waals surface area contributed by atoms with E-state index in [-0.39, 0.29) is 18.4 Å². The number of carbonyl (C=O) groups excluding carboxylic acids is 1. The molecule has 1 atom stereocenters. The molecule has 9 heteroatoms. The van der Waals surface area contributed by atoms with Crippen LogP contribution in [0.2, 0.25) is 0 Å². The van der Waals surface area contributed by atoms with E-state index in [0.29, 0.717) is 31.5 Å². The fourth-order valence-electron chi connectivity index (χ4n) is 2.86. The number of hydrogen-bond acceptors (Lipinski definition) is 8. The van der Waals surface area contributed by atoms with Gasteiger partial charge in [0.15, 0.2) is 10.8 Å². The molecule has 1 unspecified atom stereocenters. The Hall–Kier alpha value is -2.52. The van der Waals surface area contributed by atoms with Gasteiger partial charge in [-0.25, -0.2) is 4.98 Å². The van der Waals surface area contributed by atoms with Crippen molar-refractivity contribution < 1.29 is 18.4 Å². The van der Waals surface area contributed by atoms with Crippen LogP contribution in [-0.4, -0.2) is 45.7 Å². The van der Waals surface area contributed by atoms with E-state index in [4.69, 9.17) is 13.6 Å². The average molecular weight is 374 g/mol. The van der Waals surface area contributed by atoms with E-state index in [0.717, 1.165) is 22.2 Å². The third-order valence-corrected chi connectivity index (χ3v) is 5.02. The Bertz CT molecular complexity index is 915. The van der Waals surface area contributed by atoms with Gasteiger partial charge >= 0.3 is 0 Å². The Kier molecular flexibility index (Phi) is 4.56. The Balaban J connectivity index is 1.49. The average Bonchev–Trinajstić information content (AvgIpc) is 3.36. The normalized spacial score (nSPS) is 17.6. The van der Waals surface area contributed by atoms with Crippen molar-refractivity contribution >= 4 is 17.2 Å². The van der Waals surface area contributed by atoms with Crippen LogP contribution in [0.5, 0.6) is 0 Å². The molecule has 3 aromatic heterocycles. The molecule has 136 valence electrons. The lowest BCUT2D eigenvalue weighted by atomic mass is 10.2. The van der Waals surface area contributed by atoms with Crippen molar-refractivity contribution in [3.63, 3.8) is 0 Å². The number of hydrogen-bond donors (Lipinski definition) is 0. The first-order valence-corrected chi connectivity index (χ1v) is 9.16. The fourth-order valence-corrected chi connectivity index (χ4v) is 3.64. The van der Waals surface area contributed by atoms with E-state index in [1.165, 1.54) is 11.3 Å². The fraction of sp³-hybridized carbons (Fsp3) is 0.412. The standard InChI is InChI=1S/C17H18N4O4S/c1-10-3-4-14(24-10)17-18-12(9-26-17)7-15(22)21-5-6-23-8-13(21)16-20-19-11(2)25-16/h3-4,9,13H,5-8H2,1-2H3. The van der Waals surface area contributed by atoms with Crippen LogP contribution in [0.15, 0.2) is 26.3 Å². The van der Waals surface area contributed by atoms with E-state index in [1.54, 1.807) is 11.8 Å². The number of aryl methyl sites for hydroxylation is 2. The second kappa shape index (κ2) is 7.00. The number of aromatic nitrogens is 3. The van der Waals surface area contributed by atoms with Crippen molar-refractivity contribution in [1.82, 2.24) is 20.1 Å². The molecule has 0 bridgehead atoms. The second-order valence-corrected chi connectivity index (χ2v) is 6.93. The highest BCUT2D eigenvalue weighted by Gasteiger charge is 2.32. The number of rotatable bonds is 4. The van der Waals surface area contributed by atoms with E-state index < -0.39 is 0 Å². The van der Waals surface area contributed by atoms with Gasteiger partial charge in [0.2, 0.25) is 17.7 Å². The van der Waals surface area contributed by atoms with Gasteiger partial charge in [-0.1, -0.05) is 0 Å². The zero-order valence-electron chi connectivity index (χ0n) is 14.5. The second-order valence-electron chi connectivity index (χ2n) is 6.07.